The van der Waals surface area contributed by atoms with Crippen molar-refractivity contribution in [2.45, 2.75) is 95.2 Å². The quantitative estimate of drug-likeness (QED) is 0.580. The van der Waals surface area contributed by atoms with Gasteiger partial charge in [-0.05, 0) is 77.7 Å². The first-order valence-corrected chi connectivity index (χ1v) is 11.3. The highest BCUT2D eigenvalue weighted by Gasteiger charge is 2.71. The van der Waals surface area contributed by atoms with Crippen molar-refractivity contribution >= 4 is 23.2 Å². The molecule has 0 aromatic heterocycles. The highest BCUT2D eigenvalue weighted by atomic mass is 35.5. The lowest BCUT2D eigenvalue weighted by molar-refractivity contribution is 0.112. The molecule has 0 bridgehead atoms. The van der Waals surface area contributed by atoms with Crippen LogP contribution in [0.2, 0.25) is 0 Å². The fourth-order valence-corrected chi connectivity index (χ4v) is 7.13. The van der Waals surface area contributed by atoms with Crippen LogP contribution in [-0.2, 0) is 0 Å². The minimum atomic E-state index is -0.447. The smallest absolute Gasteiger partial charge is 0.127 e. The summed E-state index contributed by atoms with van der Waals surface area (Å²) in [6.07, 6.45) is 6.96. The van der Waals surface area contributed by atoms with Gasteiger partial charge in [-0.25, -0.2) is 0 Å². The molecule has 4 aliphatic rings. The predicted octanol–water partition coefficient (Wildman–Crippen LogP) is 5.18. The topological polar surface area (TPSA) is 6.48 Å². The van der Waals surface area contributed by atoms with E-state index < -0.39 is 4.33 Å². The summed E-state index contributed by atoms with van der Waals surface area (Å²) in [5.74, 6) is 1.66. The normalized spacial score (nSPS) is 41.3. The maximum absolute atomic E-state index is 6.57. The van der Waals surface area contributed by atoms with Gasteiger partial charge in [-0.2, -0.15) is 0 Å². The maximum atomic E-state index is 6.57. The second-order valence-electron chi connectivity index (χ2n) is 10.0. The number of piperidine rings is 1. The largest absolute Gasteiger partial charge is 0.297 e. The molecule has 0 aromatic carbocycles. The Balaban J connectivity index is 1.34. The van der Waals surface area contributed by atoms with Gasteiger partial charge in [-0.3, -0.25) is 9.80 Å². The summed E-state index contributed by atoms with van der Waals surface area (Å²) in [4.78, 5) is 5.47. The van der Waals surface area contributed by atoms with E-state index in [0.29, 0.717) is 41.3 Å². The molecular weight excluding hydrogens is 351 g/mol. The fraction of sp³-hybridized carbons (Fsp3) is 1.00. The van der Waals surface area contributed by atoms with Gasteiger partial charge in [0, 0.05) is 42.5 Å². The van der Waals surface area contributed by atoms with E-state index in [1.807, 2.05) is 0 Å². The predicted molar refractivity (Wildman–Crippen MR) is 107 cm³/mol. The van der Waals surface area contributed by atoms with E-state index >= 15 is 0 Å². The Morgan fingerprint density at radius 1 is 1.00 bits per heavy atom. The van der Waals surface area contributed by atoms with Crippen LogP contribution in [0.4, 0.5) is 0 Å². The Kier molecular flexibility index (Phi) is 4.72. The molecule has 2 aliphatic heterocycles. The summed E-state index contributed by atoms with van der Waals surface area (Å²) in [5, 5.41) is 0. The average Bonchev–Trinajstić information content (AvgIpc) is 3.29. The molecule has 2 saturated carbocycles. The molecule has 4 unspecified atom stereocenters. The Morgan fingerprint density at radius 3 is 2.24 bits per heavy atom. The van der Waals surface area contributed by atoms with Gasteiger partial charge in [-0.1, -0.05) is 6.92 Å². The molecule has 0 N–H and O–H groups in total. The van der Waals surface area contributed by atoms with E-state index in [-0.39, 0.29) is 0 Å². The van der Waals surface area contributed by atoms with Gasteiger partial charge in [-0.15, -0.1) is 23.2 Å². The molecule has 2 heterocycles. The number of nitrogens with zero attached hydrogens (tertiary/aromatic N) is 2. The second kappa shape index (κ2) is 6.26. The van der Waals surface area contributed by atoms with E-state index in [1.165, 1.54) is 38.6 Å². The zero-order valence-electron chi connectivity index (χ0n) is 16.6. The number of hydrogen-bond acceptors (Lipinski definition) is 2. The standard InChI is InChI=1S/C21H36Cl2N2/c1-13(2)25-12-17-18(21(17,22)23)19(25)14(3)6-7-15(4)24-11-10-20(8-9-20)16(24)5/h13-19H,6-12H2,1-5H3/t14?,15?,16-,17?,18?,19-/m1/s1. The highest BCUT2D eigenvalue weighted by molar-refractivity contribution is 6.51. The third-order valence-corrected chi connectivity index (χ3v) is 9.48. The number of rotatable bonds is 6. The SMILES string of the molecule is CC(CCC(C)N1CCC2(CC2)[C@H]1C)[C@@H]1C2C(CN1C(C)C)C2(Cl)Cl. The Bertz CT molecular complexity index is 514. The molecule has 6 atom stereocenters. The molecule has 0 aromatic rings. The van der Waals surface area contributed by atoms with Crippen LogP contribution in [0.25, 0.3) is 0 Å². The van der Waals surface area contributed by atoms with Crippen LogP contribution < -0.4 is 0 Å². The zero-order valence-corrected chi connectivity index (χ0v) is 18.2. The zero-order chi connectivity index (χ0) is 18.1. The van der Waals surface area contributed by atoms with Gasteiger partial charge in [0.1, 0.15) is 4.33 Å². The van der Waals surface area contributed by atoms with Crippen LogP contribution >= 0.6 is 23.2 Å². The minimum absolute atomic E-state index is 0.447. The Morgan fingerprint density at radius 2 is 1.68 bits per heavy atom. The molecular formula is C21H36Cl2N2. The summed E-state index contributed by atoms with van der Waals surface area (Å²) in [7, 11) is 0. The molecule has 2 saturated heterocycles. The number of alkyl halides is 2. The van der Waals surface area contributed by atoms with Crippen LogP contribution in [0, 0.1) is 23.2 Å². The first-order chi connectivity index (χ1) is 11.7. The van der Waals surface area contributed by atoms with Crippen molar-refractivity contribution < 1.29 is 0 Å². The van der Waals surface area contributed by atoms with Gasteiger partial charge in [0.2, 0.25) is 0 Å². The number of hydrogen-bond donors (Lipinski definition) is 0. The van der Waals surface area contributed by atoms with Crippen molar-refractivity contribution in [2.75, 3.05) is 13.1 Å². The van der Waals surface area contributed by atoms with E-state index in [1.54, 1.807) is 0 Å². The lowest BCUT2D eigenvalue weighted by atomic mass is 9.90. The van der Waals surface area contributed by atoms with E-state index in [2.05, 4.69) is 44.4 Å². The molecule has 1 spiro atoms. The third kappa shape index (κ3) is 2.98. The summed E-state index contributed by atoms with van der Waals surface area (Å²) < 4.78 is -0.447. The summed E-state index contributed by atoms with van der Waals surface area (Å²) >= 11 is 13.1. The van der Waals surface area contributed by atoms with Crippen LogP contribution in [0.5, 0.6) is 0 Å². The number of fused-ring (bicyclic) bond motifs is 1. The van der Waals surface area contributed by atoms with E-state index in [4.69, 9.17) is 23.2 Å². The second-order valence-corrected chi connectivity index (χ2v) is 11.5. The van der Waals surface area contributed by atoms with Crippen LogP contribution in [0.3, 0.4) is 0 Å². The van der Waals surface area contributed by atoms with Crippen LogP contribution in [-0.4, -0.2) is 51.4 Å². The minimum Gasteiger partial charge on any atom is -0.297 e. The van der Waals surface area contributed by atoms with E-state index in [9.17, 15) is 0 Å². The molecule has 4 heteroatoms. The van der Waals surface area contributed by atoms with Crippen molar-refractivity contribution in [2.24, 2.45) is 23.2 Å². The monoisotopic (exact) mass is 386 g/mol. The van der Waals surface area contributed by atoms with Crippen molar-refractivity contribution in [1.29, 1.82) is 0 Å². The van der Waals surface area contributed by atoms with Gasteiger partial charge in [0.15, 0.2) is 0 Å². The van der Waals surface area contributed by atoms with Crippen molar-refractivity contribution in [3.05, 3.63) is 0 Å². The van der Waals surface area contributed by atoms with Crippen molar-refractivity contribution in [1.82, 2.24) is 9.80 Å². The molecule has 25 heavy (non-hydrogen) atoms. The average molecular weight is 387 g/mol. The number of likely N-dealkylation sites (tertiary alicyclic amines) is 2. The van der Waals surface area contributed by atoms with Crippen molar-refractivity contribution in [3.63, 3.8) is 0 Å². The molecule has 4 fully saturated rings. The fourth-order valence-electron chi connectivity index (χ4n) is 6.29. The van der Waals surface area contributed by atoms with Gasteiger partial charge >= 0.3 is 0 Å². The molecule has 0 amide bonds. The van der Waals surface area contributed by atoms with Crippen LogP contribution in [0.1, 0.15) is 66.7 Å². The Labute approximate surface area is 164 Å². The molecule has 0 radical (unpaired) electrons. The van der Waals surface area contributed by atoms with Crippen molar-refractivity contribution in [3.8, 4) is 0 Å². The first kappa shape index (κ1) is 18.8. The van der Waals surface area contributed by atoms with Crippen LogP contribution in [0.15, 0.2) is 0 Å². The molecule has 2 aliphatic carbocycles. The summed E-state index contributed by atoms with van der Waals surface area (Å²) in [6, 6.07) is 2.66. The summed E-state index contributed by atoms with van der Waals surface area (Å²) in [6.45, 7) is 14.4. The van der Waals surface area contributed by atoms with E-state index in [0.717, 1.165) is 12.6 Å². The van der Waals surface area contributed by atoms with Gasteiger partial charge in [0.05, 0.1) is 0 Å². The van der Waals surface area contributed by atoms with Gasteiger partial charge < -0.3 is 0 Å². The van der Waals surface area contributed by atoms with Gasteiger partial charge in [0.25, 0.3) is 0 Å². The number of halogens is 2. The molecule has 2 nitrogen and oxygen atoms in total. The third-order valence-electron chi connectivity index (χ3n) is 8.42. The summed E-state index contributed by atoms with van der Waals surface area (Å²) in [5.41, 5.74) is 0.706. The first-order valence-electron chi connectivity index (χ1n) is 10.6. The maximum Gasteiger partial charge on any atom is 0.127 e. The highest BCUT2D eigenvalue weighted by Crippen LogP contribution is 2.67. The lowest BCUT2D eigenvalue weighted by Gasteiger charge is -2.38. The molecule has 4 rings (SSSR count). The lowest BCUT2D eigenvalue weighted by Crippen LogP contribution is -2.45. The molecule has 144 valence electrons. The Hall–Kier alpha value is 0.500.